The van der Waals surface area contributed by atoms with Crippen molar-refractivity contribution in [3.8, 4) is 0 Å². The maximum absolute atomic E-state index is 4.42. The van der Waals surface area contributed by atoms with Crippen molar-refractivity contribution in [2.24, 2.45) is 0 Å². The number of nitrogens with zero attached hydrogens (tertiary/aromatic N) is 3. The molecule has 0 aliphatic carbocycles. The summed E-state index contributed by atoms with van der Waals surface area (Å²) >= 11 is 0. The van der Waals surface area contributed by atoms with E-state index in [1.165, 1.54) is 37.8 Å². The van der Waals surface area contributed by atoms with E-state index >= 15 is 0 Å². The standard InChI is InChI=1S/C16H30N4/c1-4-10-19(13-16-8-6-7-9-17-16)14(3)15-11-18-20(5-2)12-15/h11-12,14,16-17H,4-10,13H2,1-3H3. The molecule has 0 aromatic carbocycles. The van der Waals surface area contributed by atoms with Crippen molar-refractivity contribution in [2.75, 3.05) is 19.6 Å². The maximum atomic E-state index is 4.42. The van der Waals surface area contributed by atoms with Crippen molar-refractivity contribution < 1.29 is 0 Å². The molecule has 4 nitrogen and oxygen atoms in total. The minimum absolute atomic E-state index is 0.457. The Kier molecular flexibility index (Phi) is 6.05. The fourth-order valence-electron chi connectivity index (χ4n) is 3.07. The molecule has 1 aromatic rings. The Labute approximate surface area is 123 Å². The van der Waals surface area contributed by atoms with Crippen molar-refractivity contribution in [2.45, 2.75) is 65.1 Å². The minimum Gasteiger partial charge on any atom is -0.313 e. The van der Waals surface area contributed by atoms with Crippen LogP contribution in [0, 0.1) is 0 Å². The molecule has 20 heavy (non-hydrogen) atoms. The van der Waals surface area contributed by atoms with Crippen LogP contribution < -0.4 is 5.32 Å². The number of aromatic nitrogens is 2. The first-order valence-corrected chi connectivity index (χ1v) is 8.24. The third-order valence-electron chi connectivity index (χ3n) is 4.39. The summed E-state index contributed by atoms with van der Waals surface area (Å²) in [6.07, 6.45) is 9.47. The molecule has 2 atom stereocenters. The summed E-state index contributed by atoms with van der Waals surface area (Å²) in [6, 6.07) is 1.12. The number of hydrogen-bond donors (Lipinski definition) is 1. The van der Waals surface area contributed by atoms with E-state index in [0.29, 0.717) is 12.1 Å². The van der Waals surface area contributed by atoms with Gasteiger partial charge in [0.2, 0.25) is 0 Å². The smallest absolute Gasteiger partial charge is 0.0537 e. The Balaban J connectivity index is 1.98. The normalized spacial score (nSPS) is 21.3. The maximum Gasteiger partial charge on any atom is 0.0537 e. The van der Waals surface area contributed by atoms with Crippen molar-refractivity contribution in [3.63, 3.8) is 0 Å². The molecular weight excluding hydrogens is 248 g/mol. The van der Waals surface area contributed by atoms with E-state index in [0.717, 1.165) is 19.6 Å². The lowest BCUT2D eigenvalue weighted by molar-refractivity contribution is 0.176. The summed E-state index contributed by atoms with van der Waals surface area (Å²) in [4.78, 5) is 2.61. The zero-order valence-corrected chi connectivity index (χ0v) is 13.3. The SMILES string of the molecule is CCCN(CC1CCCCN1)C(C)c1cnn(CC)c1. The van der Waals surface area contributed by atoms with Gasteiger partial charge in [0, 0.05) is 36.9 Å². The lowest BCUT2D eigenvalue weighted by atomic mass is 10.0. The molecule has 1 aromatic heterocycles. The van der Waals surface area contributed by atoms with Gasteiger partial charge in [0.25, 0.3) is 0 Å². The molecule has 2 unspecified atom stereocenters. The largest absolute Gasteiger partial charge is 0.313 e. The topological polar surface area (TPSA) is 33.1 Å². The Morgan fingerprint density at radius 2 is 2.30 bits per heavy atom. The lowest BCUT2D eigenvalue weighted by Gasteiger charge is -2.34. The highest BCUT2D eigenvalue weighted by atomic mass is 15.3. The van der Waals surface area contributed by atoms with Crippen LogP contribution in [0.3, 0.4) is 0 Å². The summed E-state index contributed by atoms with van der Waals surface area (Å²) in [7, 11) is 0. The fraction of sp³-hybridized carbons (Fsp3) is 0.812. The van der Waals surface area contributed by atoms with Crippen molar-refractivity contribution in [1.82, 2.24) is 20.0 Å². The zero-order chi connectivity index (χ0) is 14.4. The number of nitrogens with one attached hydrogen (secondary N) is 1. The highest BCUT2D eigenvalue weighted by Crippen LogP contribution is 2.21. The molecule has 0 bridgehead atoms. The molecule has 1 N–H and O–H groups in total. The molecule has 1 saturated heterocycles. The van der Waals surface area contributed by atoms with E-state index in [2.05, 4.69) is 42.3 Å². The zero-order valence-electron chi connectivity index (χ0n) is 13.3. The first kappa shape index (κ1) is 15.5. The molecular formula is C16H30N4. The second-order valence-corrected chi connectivity index (χ2v) is 5.95. The molecule has 0 radical (unpaired) electrons. The Morgan fingerprint density at radius 1 is 1.45 bits per heavy atom. The second kappa shape index (κ2) is 7.79. The molecule has 1 fully saturated rings. The average molecular weight is 278 g/mol. The predicted octanol–water partition coefficient (Wildman–Crippen LogP) is 2.82. The predicted molar refractivity (Wildman–Crippen MR) is 83.8 cm³/mol. The van der Waals surface area contributed by atoms with Crippen molar-refractivity contribution in [3.05, 3.63) is 18.0 Å². The van der Waals surface area contributed by atoms with E-state index in [-0.39, 0.29) is 0 Å². The first-order valence-electron chi connectivity index (χ1n) is 8.24. The molecule has 1 aliphatic heterocycles. The summed E-state index contributed by atoms with van der Waals surface area (Å²) in [5, 5.41) is 8.09. The number of piperidine rings is 1. The second-order valence-electron chi connectivity index (χ2n) is 5.95. The Morgan fingerprint density at radius 3 is 2.90 bits per heavy atom. The highest BCUT2D eigenvalue weighted by Gasteiger charge is 2.21. The van der Waals surface area contributed by atoms with Crippen LogP contribution in [0.15, 0.2) is 12.4 Å². The molecule has 0 saturated carbocycles. The van der Waals surface area contributed by atoms with Gasteiger partial charge in [-0.1, -0.05) is 13.3 Å². The van der Waals surface area contributed by atoms with Crippen LogP contribution in [0.2, 0.25) is 0 Å². The van der Waals surface area contributed by atoms with E-state index < -0.39 is 0 Å². The molecule has 114 valence electrons. The monoisotopic (exact) mass is 278 g/mol. The third kappa shape index (κ3) is 4.06. The number of hydrogen-bond acceptors (Lipinski definition) is 3. The van der Waals surface area contributed by atoms with E-state index in [1.54, 1.807) is 0 Å². The lowest BCUT2D eigenvalue weighted by Crippen LogP contribution is -2.44. The number of rotatable bonds is 7. The van der Waals surface area contributed by atoms with Crippen LogP contribution in [-0.4, -0.2) is 40.4 Å². The van der Waals surface area contributed by atoms with Crippen molar-refractivity contribution in [1.29, 1.82) is 0 Å². The van der Waals surface area contributed by atoms with Gasteiger partial charge in [-0.25, -0.2) is 0 Å². The Hall–Kier alpha value is -0.870. The highest BCUT2D eigenvalue weighted by molar-refractivity contribution is 5.09. The van der Waals surface area contributed by atoms with Crippen LogP contribution in [-0.2, 0) is 6.54 Å². The van der Waals surface area contributed by atoms with Crippen LogP contribution in [0.1, 0.15) is 58.1 Å². The van der Waals surface area contributed by atoms with E-state index in [4.69, 9.17) is 0 Å². The molecule has 1 aliphatic rings. The van der Waals surface area contributed by atoms with Gasteiger partial charge in [-0.15, -0.1) is 0 Å². The summed E-state index contributed by atoms with van der Waals surface area (Å²) in [5.41, 5.74) is 1.34. The summed E-state index contributed by atoms with van der Waals surface area (Å²) in [5.74, 6) is 0. The van der Waals surface area contributed by atoms with E-state index in [9.17, 15) is 0 Å². The van der Waals surface area contributed by atoms with Crippen molar-refractivity contribution >= 4 is 0 Å². The first-order chi connectivity index (χ1) is 9.74. The summed E-state index contributed by atoms with van der Waals surface area (Å²) in [6.45, 7) is 11.2. The van der Waals surface area contributed by atoms with Gasteiger partial charge in [-0.3, -0.25) is 9.58 Å². The molecule has 4 heteroatoms. The van der Waals surface area contributed by atoms with Gasteiger partial charge in [-0.05, 0) is 46.2 Å². The van der Waals surface area contributed by atoms with Gasteiger partial charge < -0.3 is 5.32 Å². The number of aryl methyl sites for hydroxylation is 1. The Bertz CT molecular complexity index is 382. The van der Waals surface area contributed by atoms with Crippen LogP contribution in [0.5, 0.6) is 0 Å². The minimum atomic E-state index is 0.457. The molecule has 2 rings (SSSR count). The van der Waals surface area contributed by atoms with Gasteiger partial charge in [0.1, 0.15) is 0 Å². The van der Waals surface area contributed by atoms with Gasteiger partial charge in [-0.2, -0.15) is 5.10 Å². The van der Waals surface area contributed by atoms with Crippen LogP contribution >= 0.6 is 0 Å². The van der Waals surface area contributed by atoms with Gasteiger partial charge in [0.05, 0.1) is 6.20 Å². The van der Waals surface area contributed by atoms with Gasteiger partial charge in [0.15, 0.2) is 0 Å². The molecule has 0 spiro atoms. The third-order valence-corrected chi connectivity index (χ3v) is 4.39. The van der Waals surface area contributed by atoms with Crippen LogP contribution in [0.4, 0.5) is 0 Å². The molecule has 0 amide bonds. The summed E-state index contributed by atoms with van der Waals surface area (Å²) < 4.78 is 2.02. The molecule has 2 heterocycles. The van der Waals surface area contributed by atoms with Crippen LogP contribution in [0.25, 0.3) is 0 Å². The fourth-order valence-corrected chi connectivity index (χ4v) is 3.07. The quantitative estimate of drug-likeness (QED) is 0.832. The van der Waals surface area contributed by atoms with E-state index in [1.807, 2.05) is 10.9 Å². The van der Waals surface area contributed by atoms with Gasteiger partial charge >= 0.3 is 0 Å². The average Bonchev–Trinajstić information content (AvgIpc) is 2.96.